The fourth-order valence-corrected chi connectivity index (χ4v) is 2.67. The Morgan fingerprint density at radius 3 is 2.82 bits per heavy atom. The van der Waals surface area contributed by atoms with Crippen LogP contribution in [-0.2, 0) is 6.54 Å². The Bertz CT molecular complexity index is 708. The predicted octanol–water partition coefficient (Wildman–Crippen LogP) is 2.36. The first-order chi connectivity index (χ1) is 10.6. The SMILES string of the molecule is Cc1ccnc(C2=CCN(Cc3cnc(C)nc3N)CC2)c1. The molecule has 0 spiro atoms. The number of anilines is 1. The highest BCUT2D eigenvalue weighted by Crippen LogP contribution is 2.22. The Balaban J connectivity index is 1.68. The highest BCUT2D eigenvalue weighted by Gasteiger charge is 2.15. The van der Waals surface area contributed by atoms with Crippen molar-refractivity contribution < 1.29 is 0 Å². The number of aromatic nitrogens is 3. The van der Waals surface area contributed by atoms with Gasteiger partial charge in [0.05, 0.1) is 5.69 Å². The Labute approximate surface area is 130 Å². The quantitative estimate of drug-likeness (QED) is 0.941. The van der Waals surface area contributed by atoms with Crippen LogP contribution in [-0.4, -0.2) is 32.9 Å². The Hall–Kier alpha value is -2.27. The van der Waals surface area contributed by atoms with E-state index in [1.165, 1.54) is 11.1 Å². The number of nitrogens with two attached hydrogens (primary N) is 1. The summed E-state index contributed by atoms with van der Waals surface area (Å²) in [6.07, 6.45) is 6.97. The molecule has 0 unspecified atom stereocenters. The average molecular weight is 295 g/mol. The van der Waals surface area contributed by atoms with E-state index in [-0.39, 0.29) is 0 Å². The van der Waals surface area contributed by atoms with Crippen LogP contribution in [0.3, 0.4) is 0 Å². The summed E-state index contributed by atoms with van der Waals surface area (Å²) in [6.45, 7) is 6.64. The van der Waals surface area contributed by atoms with Gasteiger partial charge in [-0.05, 0) is 43.5 Å². The van der Waals surface area contributed by atoms with E-state index in [9.17, 15) is 0 Å². The van der Waals surface area contributed by atoms with E-state index >= 15 is 0 Å². The van der Waals surface area contributed by atoms with Crippen molar-refractivity contribution >= 4 is 11.4 Å². The largest absolute Gasteiger partial charge is 0.383 e. The van der Waals surface area contributed by atoms with Crippen LogP contribution in [0.25, 0.3) is 5.57 Å². The van der Waals surface area contributed by atoms with Gasteiger partial charge in [-0.25, -0.2) is 9.97 Å². The van der Waals surface area contributed by atoms with Crippen molar-refractivity contribution in [1.82, 2.24) is 19.9 Å². The number of pyridine rings is 1. The van der Waals surface area contributed by atoms with E-state index in [0.29, 0.717) is 11.6 Å². The molecule has 2 aromatic heterocycles. The van der Waals surface area contributed by atoms with Crippen LogP contribution in [0.1, 0.15) is 29.1 Å². The third-order valence-electron chi connectivity index (χ3n) is 3.95. The zero-order chi connectivity index (χ0) is 15.5. The molecule has 0 amide bonds. The molecule has 0 bridgehead atoms. The zero-order valence-electron chi connectivity index (χ0n) is 13.1. The lowest BCUT2D eigenvalue weighted by atomic mass is 10.0. The lowest BCUT2D eigenvalue weighted by Crippen LogP contribution is -2.28. The van der Waals surface area contributed by atoms with Gasteiger partial charge in [0.25, 0.3) is 0 Å². The highest BCUT2D eigenvalue weighted by molar-refractivity contribution is 5.64. The number of rotatable bonds is 3. The maximum atomic E-state index is 5.97. The maximum Gasteiger partial charge on any atom is 0.131 e. The van der Waals surface area contributed by atoms with E-state index in [1.54, 1.807) is 0 Å². The first-order valence-electron chi connectivity index (χ1n) is 7.54. The van der Waals surface area contributed by atoms with Gasteiger partial charge in [-0.3, -0.25) is 9.88 Å². The molecule has 0 fully saturated rings. The molecule has 3 rings (SSSR count). The van der Waals surface area contributed by atoms with Gasteiger partial charge in [-0.2, -0.15) is 0 Å². The van der Waals surface area contributed by atoms with Crippen molar-refractivity contribution in [1.29, 1.82) is 0 Å². The van der Waals surface area contributed by atoms with Gasteiger partial charge in [-0.1, -0.05) is 6.08 Å². The van der Waals surface area contributed by atoms with E-state index in [4.69, 9.17) is 5.73 Å². The minimum atomic E-state index is 0.586. The van der Waals surface area contributed by atoms with Gasteiger partial charge in [-0.15, -0.1) is 0 Å². The van der Waals surface area contributed by atoms with E-state index in [1.807, 2.05) is 25.4 Å². The summed E-state index contributed by atoms with van der Waals surface area (Å²) in [4.78, 5) is 15.3. The predicted molar refractivity (Wildman–Crippen MR) is 88.0 cm³/mol. The summed E-state index contributed by atoms with van der Waals surface area (Å²) in [5.74, 6) is 1.30. The average Bonchev–Trinajstić information content (AvgIpc) is 2.51. The number of nitrogens with zero attached hydrogens (tertiary/aromatic N) is 4. The summed E-state index contributed by atoms with van der Waals surface area (Å²) in [5, 5.41) is 0. The van der Waals surface area contributed by atoms with Gasteiger partial charge in [0.15, 0.2) is 0 Å². The molecule has 22 heavy (non-hydrogen) atoms. The molecular weight excluding hydrogens is 274 g/mol. The molecule has 0 saturated carbocycles. The smallest absolute Gasteiger partial charge is 0.131 e. The Morgan fingerprint density at radius 1 is 1.27 bits per heavy atom. The zero-order valence-corrected chi connectivity index (χ0v) is 13.1. The Kier molecular flexibility index (Phi) is 4.15. The molecule has 2 aromatic rings. The van der Waals surface area contributed by atoms with Gasteiger partial charge in [0.1, 0.15) is 11.6 Å². The number of hydrogen-bond acceptors (Lipinski definition) is 5. The minimum Gasteiger partial charge on any atom is -0.383 e. The van der Waals surface area contributed by atoms with Crippen LogP contribution in [0, 0.1) is 13.8 Å². The molecule has 0 saturated heterocycles. The van der Waals surface area contributed by atoms with Gasteiger partial charge in [0.2, 0.25) is 0 Å². The van der Waals surface area contributed by atoms with Crippen LogP contribution < -0.4 is 5.73 Å². The van der Waals surface area contributed by atoms with Crippen molar-refractivity contribution in [2.24, 2.45) is 0 Å². The molecule has 5 nitrogen and oxygen atoms in total. The fourth-order valence-electron chi connectivity index (χ4n) is 2.67. The van der Waals surface area contributed by atoms with Crippen LogP contribution in [0.2, 0.25) is 0 Å². The van der Waals surface area contributed by atoms with Crippen molar-refractivity contribution in [2.75, 3.05) is 18.8 Å². The summed E-state index contributed by atoms with van der Waals surface area (Å²) >= 11 is 0. The standard InChI is InChI=1S/C17H21N5/c1-12-3-6-19-16(9-12)14-4-7-22(8-5-14)11-15-10-20-13(2)21-17(15)18/h3-4,6,9-10H,5,7-8,11H2,1-2H3,(H2,18,20,21). The molecule has 0 aliphatic carbocycles. The maximum absolute atomic E-state index is 5.97. The van der Waals surface area contributed by atoms with Crippen molar-refractivity contribution in [3.05, 3.63) is 53.2 Å². The summed E-state index contributed by atoms with van der Waals surface area (Å²) in [6, 6.07) is 4.17. The Morgan fingerprint density at radius 2 is 2.14 bits per heavy atom. The highest BCUT2D eigenvalue weighted by atomic mass is 15.1. The molecule has 2 N–H and O–H groups in total. The summed E-state index contributed by atoms with van der Waals surface area (Å²) in [7, 11) is 0. The normalized spacial score (nSPS) is 15.6. The third kappa shape index (κ3) is 3.31. The second-order valence-corrected chi connectivity index (χ2v) is 5.76. The molecule has 1 aliphatic rings. The minimum absolute atomic E-state index is 0.586. The van der Waals surface area contributed by atoms with Gasteiger partial charge < -0.3 is 5.73 Å². The van der Waals surface area contributed by atoms with E-state index in [0.717, 1.165) is 37.3 Å². The summed E-state index contributed by atoms with van der Waals surface area (Å²) < 4.78 is 0. The second kappa shape index (κ2) is 6.23. The third-order valence-corrected chi connectivity index (χ3v) is 3.95. The second-order valence-electron chi connectivity index (χ2n) is 5.76. The molecule has 0 aromatic carbocycles. The molecule has 3 heterocycles. The molecule has 0 radical (unpaired) electrons. The molecule has 0 atom stereocenters. The first-order valence-corrected chi connectivity index (χ1v) is 7.54. The molecule has 1 aliphatic heterocycles. The lowest BCUT2D eigenvalue weighted by molar-refractivity contribution is 0.293. The molecular formula is C17H21N5. The molecule has 114 valence electrons. The lowest BCUT2D eigenvalue weighted by Gasteiger charge is -2.26. The van der Waals surface area contributed by atoms with Crippen LogP contribution in [0.4, 0.5) is 5.82 Å². The monoisotopic (exact) mass is 295 g/mol. The van der Waals surface area contributed by atoms with Crippen LogP contribution in [0.15, 0.2) is 30.6 Å². The van der Waals surface area contributed by atoms with Crippen molar-refractivity contribution in [3.63, 3.8) is 0 Å². The van der Waals surface area contributed by atoms with Crippen molar-refractivity contribution in [3.8, 4) is 0 Å². The number of aryl methyl sites for hydroxylation is 2. The van der Waals surface area contributed by atoms with Crippen LogP contribution in [0.5, 0.6) is 0 Å². The van der Waals surface area contributed by atoms with E-state index < -0.39 is 0 Å². The first kappa shape index (κ1) is 14.7. The van der Waals surface area contributed by atoms with Gasteiger partial charge in [0, 0.05) is 37.6 Å². The number of hydrogen-bond donors (Lipinski definition) is 1. The van der Waals surface area contributed by atoms with Crippen LogP contribution >= 0.6 is 0 Å². The topological polar surface area (TPSA) is 67.9 Å². The summed E-state index contributed by atoms with van der Waals surface area (Å²) in [5.41, 5.74) is 10.6. The molecule has 5 heteroatoms. The number of nitrogen functional groups attached to an aromatic ring is 1. The fraction of sp³-hybridized carbons (Fsp3) is 0.353. The van der Waals surface area contributed by atoms with E-state index in [2.05, 4.69) is 38.9 Å². The van der Waals surface area contributed by atoms with Gasteiger partial charge >= 0.3 is 0 Å². The van der Waals surface area contributed by atoms with Crippen molar-refractivity contribution in [2.45, 2.75) is 26.8 Å².